The highest BCUT2D eigenvalue weighted by Crippen LogP contribution is 2.11. The Balaban J connectivity index is 1.49. The molecule has 3 rings (SSSR count). The van der Waals surface area contributed by atoms with Crippen LogP contribution >= 0.6 is 0 Å². The van der Waals surface area contributed by atoms with Crippen molar-refractivity contribution in [3.05, 3.63) is 48.5 Å². The highest BCUT2D eigenvalue weighted by molar-refractivity contribution is 5.93. The highest BCUT2D eigenvalue weighted by atomic mass is 16.1. The maximum Gasteiger partial charge on any atom is 0.269 e. The molecule has 6 nitrogen and oxygen atoms in total. The molecular formula is C20H29N5O. The minimum Gasteiger partial charge on any atom is -0.350 e. The summed E-state index contributed by atoms with van der Waals surface area (Å²) in [6.07, 6.45) is 3.30. The number of benzene rings is 1. The Morgan fingerprint density at radius 2 is 1.85 bits per heavy atom. The summed E-state index contributed by atoms with van der Waals surface area (Å²) in [6.45, 7) is 11.8. The smallest absolute Gasteiger partial charge is 0.269 e. The summed E-state index contributed by atoms with van der Waals surface area (Å²) in [5.41, 5.74) is 1.51. The molecule has 1 aliphatic heterocycles. The van der Waals surface area contributed by atoms with E-state index in [1.54, 1.807) is 12.5 Å². The van der Waals surface area contributed by atoms with Gasteiger partial charge in [-0.15, -0.1) is 0 Å². The van der Waals surface area contributed by atoms with E-state index in [0.29, 0.717) is 18.2 Å². The monoisotopic (exact) mass is 355 g/mol. The fourth-order valence-corrected chi connectivity index (χ4v) is 3.41. The summed E-state index contributed by atoms with van der Waals surface area (Å²) in [6, 6.07) is 9.81. The van der Waals surface area contributed by atoms with E-state index in [-0.39, 0.29) is 5.91 Å². The number of carbonyl (C=O) groups is 1. The van der Waals surface area contributed by atoms with Gasteiger partial charge in [0.25, 0.3) is 5.91 Å². The van der Waals surface area contributed by atoms with Gasteiger partial charge >= 0.3 is 0 Å². The largest absolute Gasteiger partial charge is 0.350 e. The molecule has 2 heterocycles. The second-order valence-electron chi connectivity index (χ2n) is 7.03. The van der Waals surface area contributed by atoms with Gasteiger partial charge in [-0.3, -0.25) is 9.36 Å². The molecule has 1 aromatic carbocycles. The van der Waals surface area contributed by atoms with Gasteiger partial charge in [0.05, 0.1) is 12.5 Å². The lowest BCUT2D eigenvalue weighted by atomic mass is 10.1. The molecule has 2 aromatic rings. The topological polar surface area (TPSA) is 53.4 Å². The van der Waals surface area contributed by atoms with Crippen LogP contribution in [0, 0.1) is 5.92 Å². The van der Waals surface area contributed by atoms with Gasteiger partial charge in [-0.1, -0.05) is 32.0 Å². The zero-order valence-electron chi connectivity index (χ0n) is 15.8. The number of hydrogen-bond acceptors (Lipinski definition) is 4. The van der Waals surface area contributed by atoms with Crippen LogP contribution in [-0.2, 0) is 0 Å². The van der Waals surface area contributed by atoms with Crippen LogP contribution in [-0.4, -0.2) is 71.1 Å². The van der Waals surface area contributed by atoms with Gasteiger partial charge in [-0.05, 0) is 24.6 Å². The molecule has 1 amide bonds. The summed E-state index contributed by atoms with van der Waals surface area (Å²) in [4.78, 5) is 21.7. The third-order valence-electron chi connectivity index (χ3n) is 5.00. The van der Waals surface area contributed by atoms with E-state index in [1.165, 1.54) is 0 Å². The lowest BCUT2D eigenvalue weighted by molar-refractivity contribution is 0.0927. The number of nitrogens with one attached hydrogen (secondary N) is 1. The highest BCUT2D eigenvalue weighted by Gasteiger charge is 2.18. The summed E-state index contributed by atoms with van der Waals surface area (Å²) in [7, 11) is 0. The molecule has 26 heavy (non-hydrogen) atoms. The fraction of sp³-hybridized carbons (Fsp3) is 0.500. The van der Waals surface area contributed by atoms with Crippen LogP contribution < -0.4 is 5.32 Å². The van der Waals surface area contributed by atoms with E-state index in [0.717, 1.165) is 45.0 Å². The Kier molecular flexibility index (Phi) is 6.41. The van der Waals surface area contributed by atoms with Gasteiger partial charge in [-0.25, -0.2) is 4.98 Å². The van der Waals surface area contributed by atoms with Crippen molar-refractivity contribution >= 4 is 5.91 Å². The molecule has 6 heteroatoms. The van der Waals surface area contributed by atoms with Crippen molar-refractivity contribution in [1.82, 2.24) is 24.7 Å². The lowest BCUT2D eigenvalue weighted by Crippen LogP contribution is -2.48. The van der Waals surface area contributed by atoms with Gasteiger partial charge in [0.2, 0.25) is 0 Å². The molecule has 0 radical (unpaired) electrons. The average molecular weight is 355 g/mol. The third-order valence-corrected chi connectivity index (χ3v) is 5.00. The molecular weight excluding hydrogens is 326 g/mol. The maximum absolute atomic E-state index is 12.6. The van der Waals surface area contributed by atoms with E-state index in [2.05, 4.69) is 33.9 Å². The van der Waals surface area contributed by atoms with Gasteiger partial charge in [-0.2, -0.15) is 0 Å². The molecule has 1 aromatic heterocycles. The van der Waals surface area contributed by atoms with Gasteiger partial charge in [0, 0.05) is 45.0 Å². The predicted octanol–water partition coefficient (Wildman–Crippen LogP) is 1.88. The molecule has 0 aliphatic carbocycles. The number of likely N-dealkylation sites (N-methyl/N-ethyl adjacent to an activating group) is 1. The van der Waals surface area contributed by atoms with Crippen molar-refractivity contribution in [3.63, 3.8) is 0 Å². The van der Waals surface area contributed by atoms with Gasteiger partial charge < -0.3 is 15.1 Å². The molecule has 1 atom stereocenters. The van der Waals surface area contributed by atoms with Crippen molar-refractivity contribution in [2.75, 3.05) is 45.8 Å². The van der Waals surface area contributed by atoms with Gasteiger partial charge in [0.15, 0.2) is 0 Å². The maximum atomic E-state index is 12.6. The van der Waals surface area contributed by atoms with Crippen LogP contribution in [0.1, 0.15) is 24.3 Å². The number of aromatic nitrogens is 2. The molecule has 1 saturated heterocycles. The van der Waals surface area contributed by atoms with Crippen LogP contribution in [0.4, 0.5) is 0 Å². The average Bonchev–Trinajstić information content (AvgIpc) is 3.17. The fourth-order valence-electron chi connectivity index (χ4n) is 3.41. The van der Waals surface area contributed by atoms with Gasteiger partial charge in [0.1, 0.15) is 5.69 Å². The second kappa shape index (κ2) is 8.96. The number of rotatable bonds is 7. The minimum atomic E-state index is -0.0750. The lowest BCUT2D eigenvalue weighted by Gasteiger charge is -2.35. The Morgan fingerprint density at radius 1 is 1.15 bits per heavy atom. The first kappa shape index (κ1) is 18.6. The molecule has 1 unspecified atom stereocenters. The predicted molar refractivity (Wildman–Crippen MR) is 104 cm³/mol. The molecule has 0 bridgehead atoms. The van der Waals surface area contributed by atoms with Crippen molar-refractivity contribution in [2.24, 2.45) is 5.92 Å². The van der Waals surface area contributed by atoms with E-state index in [9.17, 15) is 4.79 Å². The summed E-state index contributed by atoms with van der Waals surface area (Å²) >= 11 is 0. The first-order valence-corrected chi connectivity index (χ1v) is 9.48. The van der Waals surface area contributed by atoms with Crippen molar-refractivity contribution in [3.8, 4) is 5.69 Å². The number of piperazine rings is 1. The Hall–Kier alpha value is -2.18. The standard InChI is InChI=1S/C20H29N5O/c1-3-23-9-11-24(12-10-23)15-17(2)13-22-20(26)19-14-21-16-25(19)18-7-5-4-6-8-18/h4-8,14,16-17H,3,9-13,15H2,1-2H3,(H,22,26). The van der Waals surface area contributed by atoms with E-state index >= 15 is 0 Å². The van der Waals surface area contributed by atoms with Crippen molar-refractivity contribution in [1.29, 1.82) is 0 Å². The van der Waals surface area contributed by atoms with Crippen LogP contribution in [0.5, 0.6) is 0 Å². The van der Waals surface area contributed by atoms with Crippen LogP contribution in [0.3, 0.4) is 0 Å². The summed E-state index contributed by atoms with van der Waals surface area (Å²) in [5.74, 6) is 0.342. The minimum absolute atomic E-state index is 0.0750. The quantitative estimate of drug-likeness (QED) is 0.824. The Morgan fingerprint density at radius 3 is 2.54 bits per heavy atom. The SMILES string of the molecule is CCN1CCN(CC(C)CNC(=O)c2cncn2-c2ccccc2)CC1. The number of imidazole rings is 1. The number of nitrogens with zero attached hydrogens (tertiary/aromatic N) is 4. The number of amides is 1. The van der Waals surface area contributed by atoms with Crippen molar-refractivity contribution in [2.45, 2.75) is 13.8 Å². The van der Waals surface area contributed by atoms with Crippen LogP contribution in [0.2, 0.25) is 0 Å². The second-order valence-corrected chi connectivity index (χ2v) is 7.03. The summed E-state index contributed by atoms with van der Waals surface area (Å²) in [5, 5.41) is 3.07. The molecule has 1 fully saturated rings. The molecule has 0 saturated carbocycles. The normalized spacial score (nSPS) is 17.2. The van der Waals surface area contributed by atoms with Crippen LogP contribution in [0.15, 0.2) is 42.9 Å². The Bertz CT molecular complexity index is 691. The number of hydrogen-bond donors (Lipinski definition) is 1. The number of para-hydroxylation sites is 1. The first-order chi connectivity index (χ1) is 12.7. The Labute approximate surface area is 155 Å². The van der Waals surface area contributed by atoms with E-state index in [4.69, 9.17) is 0 Å². The molecule has 1 N–H and O–H groups in total. The zero-order chi connectivity index (χ0) is 18.4. The van der Waals surface area contributed by atoms with E-state index in [1.807, 2.05) is 34.9 Å². The number of carbonyl (C=O) groups excluding carboxylic acids is 1. The summed E-state index contributed by atoms with van der Waals surface area (Å²) < 4.78 is 1.82. The van der Waals surface area contributed by atoms with Crippen molar-refractivity contribution < 1.29 is 4.79 Å². The molecule has 140 valence electrons. The first-order valence-electron chi connectivity index (χ1n) is 9.48. The van der Waals surface area contributed by atoms with E-state index < -0.39 is 0 Å². The molecule has 1 aliphatic rings. The van der Waals surface area contributed by atoms with Crippen LogP contribution in [0.25, 0.3) is 5.69 Å². The third kappa shape index (κ3) is 4.71. The zero-order valence-corrected chi connectivity index (χ0v) is 15.8. The molecule has 0 spiro atoms.